The Balaban J connectivity index is 2.17. The van der Waals surface area contributed by atoms with Gasteiger partial charge in [-0.3, -0.25) is 4.79 Å². The average molecular weight is 192 g/mol. The number of halogens is 2. The number of nitrogens with one attached hydrogen (secondary N) is 1. The second-order valence-corrected chi connectivity index (χ2v) is 3.59. The highest BCUT2D eigenvalue weighted by Crippen LogP contribution is 2.31. The number of nitrogens with two attached hydrogens (primary N) is 1. The predicted molar refractivity (Wildman–Crippen MR) is 44.4 cm³/mol. The molecule has 0 aromatic rings. The Hall–Kier alpha value is -0.710. The van der Waals surface area contributed by atoms with Gasteiger partial charge in [0.05, 0.1) is 6.54 Å². The van der Waals surface area contributed by atoms with Crippen molar-refractivity contribution in [2.24, 2.45) is 5.73 Å². The van der Waals surface area contributed by atoms with Crippen LogP contribution in [0.15, 0.2) is 0 Å². The fourth-order valence-electron chi connectivity index (χ4n) is 1.38. The van der Waals surface area contributed by atoms with Gasteiger partial charge < -0.3 is 11.1 Å². The van der Waals surface area contributed by atoms with Crippen LogP contribution in [0.2, 0.25) is 0 Å². The number of rotatable bonds is 4. The van der Waals surface area contributed by atoms with E-state index in [1.165, 1.54) is 0 Å². The summed E-state index contributed by atoms with van der Waals surface area (Å²) < 4.78 is 23.4. The van der Waals surface area contributed by atoms with E-state index in [1.54, 1.807) is 0 Å². The molecule has 3 N–H and O–H groups in total. The van der Waals surface area contributed by atoms with Crippen LogP contribution >= 0.6 is 0 Å². The molecule has 0 saturated heterocycles. The second-order valence-electron chi connectivity index (χ2n) is 3.59. The van der Waals surface area contributed by atoms with Gasteiger partial charge in [-0.15, -0.1) is 0 Å². The molecule has 3 nitrogen and oxygen atoms in total. The highest BCUT2D eigenvalue weighted by molar-refractivity contribution is 5.77. The zero-order valence-electron chi connectivity index (χ0n) is 7.35. The zero-order valence-corrected chi connectivity index (χ0v) is 7.35. The number of hydrogen-bond donors (Lipinski definition) is 2. The van der Waals surface area contributed by atoms with E-state index in [9.17, 15) is 13.6 Å². The lowest BCUT2D eigenvalue weighted by molar-refractivity contribution is -0.123. The highest BCUT2D eigenvalue weighted by atomic mass is 19.3. The molecule has 0 bridgehead atoms. The van der Waals surface area contributed by atoms with Crippen LogP contribution in [0.1, 0.15) is 25.7 Å². The number of hydrogen-bond acceptors (Lipinski definition) is 2. The van der Waals surface area contributed by atoms with Crippen molar-refractivity contribution in [3.8, 4) is 0 Å². The molecule has 0 unspecified atom stereocenters. The van der Waals surface area contributed by atoms with Crippen LogP contribution in [-0.4, -0.2) is 24.4 Å². The van der Waals surface area contributed by atoms with E-state index in [-0.39, 0.29) is 12.3 Å². The molecular formula is C8H14F2N2O. The number of alkyl halides is 2. The van der Waals surface area contributed by atoms with Crippen LogP contribution in [0, 0.1) is 0 Å². The summed E-state index contributed by atoms with van der Waals surface area (Å²) in [5, 5.41) is 2.14. The second kappa shape index (κ2) is 4.00. The molecule has 1 aliphatic carbocycles. The minimum Gasteiger partial charge on any atom is -0.350 e. The smallest absolute Gasteiger partial charge is 0.255 e. The van der Waals surface area contributed by atoms with Crippen LogP contribution in [0.3, 0.4) is 0 Å². The molecule has 1 amide bonds. The zero-order chi connectivity index (χ0) is 9.90. The Bertz CT molecular complexity index is 193. The standard InChI is InChI=1S/C8H14F2N2O/c9-6(10)5-12-7(13)4-8(11)2-1-3-8/h6H,1-5,11H2,(H,12,13). The molecule has 1 aliphatic rings. The quantitative estimate of drug-likeness (QED) is 0.686. The molecule has 1 fully saturated rings. The summed E-state index contributed by atoms with van der Waals surface area (Å²) in [7, 11) is 0. The predicted octanol–water partition coefficient (Wildman–Crippen LogP) is 0.639. The maximum absolute atomic E-state index is 11.7. The van der Waals surface area contributed by atoms with Crippen molar-refractivity contribution in [2.45, 2.75) is 37.6 Å². The van der Waals surface area contributed by atoms with E-state index in [2.05, 4.69) is 5.32 Å². The first kappa shape index (κ1) is 10.4. The van der Waals surface area contributed by atoms with Gasteiger partial charge in [-0.25, -0.2) is 8.78 Å². The maximum Gasteiger partial charge on any atom is 0.255 e. The van der Waals surface area contributed by atoms with E-state index in [0.29, 0.717) is 0 Å². The largest absolute Gasteiger partial charge is 0.350 e. The molecule has 0 atom stereocenters. The van der Waals surface area contributed by atoms with E-state index in [4.69, 9.17) is 5.73 Å². The third-order valence-corrected chi connectivity index (χ3v) is 2.32. The first-order valence-electron chi connectivity index (χ1n) is 4.36. The van der Waals surface area contributed by atoms with Gasteiger partial charge in [-0.05, 0) is 19.3 Å². The SMILES string of the molecule is NC1(CC(=O)NCC(F)F)CCC1. The van der Waals surface area contributed by atoms with Crippen molar-refractivity contribution in [1.29, 1.82) is 0 Å². The molecule has 0 aromatic carbocycles. The monoisotopic (exact) mass is 192 g/mol. The summed E-state index contributed by atoms with van der Waals surface area (Å²) in [5.41, 5.74) is 5.34. The first-order valence-corrected chi connectivity index (χ1v) is 4.36. The first-order chi connectivity index (χ1) is 6.02. The summed E-state index contributed by atoms with van der Waals surface area (Å²) in [5.74, 6) is -0.373. The highest BCUT2D eigenvalue weighted by Gasteiger charge is 2.34. The molecule has 0 spiro atoms. The Kier molecular flexibility index (Phi) is 3.19. The molecule has 0 aromatic heterocycles. The van der Waals surface area contributed by atoms with Gasteiger partial charge in [-0.2, -0.15) is 0 Å². The van der Waals surface area contributed by atoms with Crippen molar-refractivity contribution in [3.05, 3.63) is 0 Å². The van der Waals surface area contributed by atoms with Gasteiger partial charge >= 0.3 is 0 Å². The van der Waals surface area contributed by atoms with Crippen molar-refractivity contribution in [2.75, 3.05) is 6.54 Å². The van der Waals surface area contributed by atoms with Crippen LogP contribution in [0.4, 0.5) is 8.78 Å². The van der Waals surface area contributed by atoms with Crippen molar-refractivity contribution in [3.63, 3.8) is 0 Å². The fraction of sp³-hybridized carbons (Fsp3) is 0.875. The fourth-order valence-corrected chi connectivity index (χ4v) is 1.38. The molecular weight excluding hydrogens is 178 g/mol. The molecule has 13 heavy (non-hydrogen) atoms. The van der Waals surface area contributed by atoms with Crippen LogP contribution in [0.5, 0.6) is 0 Å². The van der Waals surface area contributed by atoms with E-state index in [1.807, 2.05) is 0 Å². The molecule has 0 radical (unpaired) electrons. The maximum atomic E-state index is 11.7. The third kappa shape index (κ3) is 3.26. The van der Waals surface area contributed by atoms with Gasteiger partial charge in [0.2, 0.25) is 5.91 Å². The van der Waals surface area contributed by atoms with Gasteiger partial charge in [0.25, 0.3) is 6.43 Å². The topological polar surface area (TPSA) is 55.1 Å². The van der Waals surface area contributed by atoms with Crippen molar-refractivity contribution >= 4 is 5.91 Å². The normalized spacial score (nSPS) is 19.7. The molecule has 1 rings (SSSR count). The minimum atomic E-state index is -2.49. The molecule has 0 aliphatic heterocycles. The van der Waals surface area contributed by atoms with Crippen LogP contribution < -0.4 is 11.1 Å². The third-order valence-electron chi connectivity index (χ3n) is 2.32. The van der Waals surface area contributed by atoms with E-state index < -0.39 is 18.5 Å². The number of carbonyl (C=O) groups is 1. The lowest BCUT2D eigenvalue weighted by Crippen LogP contribution is -2.50. The molecule has 0 heterocycles. The summed E-state index contributed by atoms with van der Waals surface area (Å²) in [4.78, 5) is 11.0. The van der Waals surface area contributed by atoms with Crippen LogP contribution in [-0.2, 0) is 4.79 Å². The van der Waals surface area contributed by atoms with Gasteiger partial charge in [-0.1, -0.05) is 0 Å². The number of amides is 1. The number of carbonyl (C=O) groups excluding carboxylic acids is 1. The molecule has 1 saturated carbocycles. The molecule has 76 valence electrons. The molecule has 5 heteroatoms. The summed E-state index contributed by atoms with van der Waals surface area (Å²) in [6.45, 7) is -0.574. The Morgan fingerprint density at radius 1 is 1.54 bits per heavy atom. The lowest BCUT2D eigenvalue weighted by Gasteiger charge is -2.37. The summed E-state index contributed by atoms with van der Waals surface area (Å²) in [6.07, 6.45) is 0.335. The minimum absolute atomic E-state index is 0.166. The van der Waals surface area contributed by atoms with Gasteiger partial charge in [0.15, 0.2) is 0 Å². The van der Waals surface area contributed by atoms with Crippen molar-refractivity contribution in [1.82, 2.24) is 5.32 Å². The summed E-state index contributed by atoms with van der Waals surface area (Å²) >= 11 is 0. The Morgan fingerprint density at radius 2 is 2.15 bits per heavy atom. The van der Waals surface area contributed by atoms with Crippen molar-refractivity contribution < 1.29 is 13.6 Å². The average Bonchev–Trinajstić information content (AvgIpc) is 1.98. The Morgan fingerprint density at radius 3 is 2.54 bits per heavy atom. The summed E-state index contributed by atoms with van der Waals surface area (Å²) in [6, 6.07) is 0. The van der Waals surface area contributed by atoms with E-state index >= 15 is 0 Å². The lowest BCUT2D eigenvalue weighted by atomic mass is 9.75. The Labute approximate surface area is 75.7 Å². The van der Waals surface area contributed by atoms with Crippen LogP contribution in [0.25, 0.3) is 0 Å². The van der Waals surface area contributed by atoms with Gasteiger partial charge in [0.1, 0.15) is 0 Å². The van der Waals surface area contributed by atoms with E-state index in [0.717, 1.165) is 19.3 Å². The van der Waals surface area contributed by atoms with Gasteiger partial charge in [0, 0.05) is 12.0 Å².